The summed E-state index contributed by atoms with van der Waals surface area (Å²) in [6, 6.07) is 0. The monoisotopic (exact) mass is 232 g/mol. The summed E-state index contributed by atoms with van der Waals surface area (Å²) in [6.45, 7) is 9.13. The maximum Gasteiger partial charge on any atom is 0.207 e. The fourth-order valence-electron chi connectivity index (χ4n) is 1.25. The van der Waals surface area contributed by atoms with Crippen molar-refractivity contribution in [2.45, 2.75) is 26.2 Å². The van der Waals surface area contributed by atoms with E-state index in [1.54, 1.807) is 0 Å². The summed E-state index contributed by atoms with van der Waals surface area (Å²) in [7, 11) is -1.96. The van der Waals surface area contributed by atoms with E-state index >= 15 is 0 Å². The highest BCUT2D eigenvalue weighted by Crippen LogP contribution is 1.83. The van der Waals surface area contributed by atoms with Gasteiger partial charge >= 0.3 is 0 Å². The first kappa shape index (κ1) is 10.8. The van der Waals surface area contributed by atoms with Gasteiger partial charge in [0.15, 0.2) is 0 Å². The molecule has 4 N–H and O–H groups in total. The van der Waals surface area contributed by atoms with Gasteiger partial charge in [0.1, 0.15) is 0 Å². The minimum atomic E-state index is -0.490. The molecule has 4 nitrogen and oxygen atoms in total. The van der Waals surface area contributed by atoms with Crippen LogP contribution in [0.3, 0.4) is 0 Å². The number of hydrogen-bond donors (Lipinski definition) is 4. The van der Waals surface area contributed by atoms with Crippen molar-refractivity contribution in [1.29, 1.82) is 0 Å². The summed E-state index contributed by atoms with van der Waals surface area (Å²) in [5.74, 6) is 0. The standard InChI is InChI=1S/C4H16N4Si4/c1-9-5-10(2)7-12(4)8-11(3)6-9/h5-8H,1-4H3. The smallest absolute Gasteiger partial charge is 0.207 e. The Kier molecular flexibility index (Phi) is 4.32. The van der Waals surface area contributed by atoms with Crippen molar-refractivity contribution in [1.82, 2.24) is 18.6 Å². The summed E-state index contributed by atoms with van der Waals surface area (Å²) >= 11 is 0. The Morgan fingerprint density at radius 2 is 0.667 bits per heavy atom. The Hall–Kier alpha value is 0.708. The Balaban J connectivity index is 2.45. The highest BCUT2D eigenvalue weighted by Gasteiger charge is 2.22. The zero-order valence-corrected chi connectivity index (χ0v) is 12.0. The second kappa shape index (κ2) is 4.81. The zero-order valence-electron chi connectivity index (χ0n) is 8.00. The molecule has 8 heteroatoms. The molecule has 68 valence electrons. The van der Waals surface area contributed by atoms with Gasteiger partial charge in [-0.2, -0.15) is 0 Å². The predicted molar refractivity (Wildman–Crippen MR) is 59.0 cm³/mol. The molecule has 0 bridgehead atoms. The van der Waals surface area contributed by atoms with Gasteiger partial charge in [-0.15, -0.1) is 0 Å². The van der Waals surface area contributed by atoms with E-state index in [1.165, 1.54) is 0 Å². The Morgan fingerprint density at radius 3 is 0.833 bits per heavy atom. The molecule has 0 atom stereocenters. The van der Waals surface area contributed by atoms with Gasteiger partial charge in [0.05, 0.1) is 0 Å². The van der Waals surface area contributed by atoms with Crippen molar-refractivity contribution in [2.75, 3.05) is 0 Å². The van der Waals surface area contributed by atoms with E-state index in [0.717, 1.165) is 0 Å². The van der Waals surface area contributed by atoms with Crippen LogP contribution in [0.4, 0.5) is 0 Å². The van der Waals surface area contributed by atoms with Crippen LogP contribution in [0, 0.1) is 0 Å². The molecule has 1 rings (SSSR count). The Labute approximate surface area is 81.6 Å². The van der Waals surface area contributed by atoms with Crippen LogP contribution in [-0.2, 0) is 0 Å². The van der Waals surface area contributed by atoms with Crippen LogP contribution in [0.2, 0.25) is 26.2 Å². The van der Waals surface area contributed by atoms with Gasteiger partial charge in [-0.3, -0.25) is 0 Å². The Bertz CT molecular complexity index is 107. The molecule has 1 aliphatic heterocycles. The highest BCUT2D eigenvalue weighted by molar-refractivity contribution is 6.86. The van der Waals surface area contributed by atoms with Crippen LogP contribution in [0.25, 0.3) is 0 Å². The topological polar surface area (TPSA) is 48.1 Å². The fourth-order valence-corrected chi connectivity index (χ4v) is 13.5. The van der Waals surface area contributed by atoms with Crippen LogP contribution in [0.1, 0.15) is 0 Å². The molecule has 1 heterocycles. The quantitative estimate of drug-likeness (QED) is 0.398. The van der Waals surface area contributed by atoms with Gasteiger partial charge in [0.2, 0.25) is 36.5 Å². The molecule has 1 aliphatic rings. The van der Waals surface area contributed by atoms with Gasteiger partial charge in [-0.25, -0.2) is 0 Å². The van der Waals surface area contributed by atoms with E-state index in [0.29, 0.717) is 0 Å². The molecule has 0 aromatic carbocycles. The van der Waals surface area contributed by atoms with Crippen LogP contribution in [0.15, 0.2) is 0 Å². The number of nitrogens with one attached hydrogen (secondary N) is 4. The van der Waals surface area contributed by atoms with Gasteiger partial charge in [0, 0.05) is 0 Å². The van der Waals surface area contributed by atoms with Crippen molar-refractivity contribution in [3.8, 4) is 0 Å². The SMILES string of the molecule is C[Si]1N[Si](C)N[Si](C)N[Si](C)N1. The van der Waals surface area contributed by atoms with Gasteiger partial charge in [-0.1, -0.05) is 0 Å². The summed E-state index contributed by atoms with van der Waals surface area (Å²) in [6.07, 6.45) is 0. The second-order valence-corrected chi connectivity index (χ2v) is 12.0. The zero-order chi connectivity index (χ0) is 9.14. The molecule has 1 fully saturated rings. The average Bonchev–Trinajstić information content (AvgIpc) is 1.81. The maximum atomic E-state index is 3.63. The lowest BCUT2D eigenvalue weighted by atomic mass is 11.9. The lowest BCUT2D eigenvalue weighted by molar-refractivity contribution is 1.16. The van der Waals surface area contributed by atoms with E-state index in [1.807, 2.05) is 0 Å². The first-order chi connectivity index (χ1) is 5.58. The normalized spacial score (nSPS) is 27.0. The molecule has 4 radical (unpaired) electrons. The third-order valence-corrected chi connectivity index (χ3v) is 13.5. The van der Waals surface area contributed by atoms with Gasteiger partial charge in [0.25, 0.3) is 0 Å². The fraction of sp³-hybridized carbons (Fsp3) is 1.00. The van der Waals surface area contributed by atoms with Gasteiger partial charge < -0.3 is 18.6 Å². The van der Waals surface area contributed by atoms with Crippen LogP contribution in [0.5, 0.6) is 0 Å². The maximum absolute atomic E-state index is 3.63. The molecular weight excluding hydrogens is 216 g/mol. The van der Waals surface area contributed by atoms with Crippen molar-refractivity contribution >= 4 is 36.5 Å². The van der Waals surface area contributed by atoms with Crippen LogP contribution in [-0.4, -0.2) is 36.5 Å². The Morgan fingerprint density at radius 1 is 0.500 bits per heavy atom. The number of hydrogen-bond acceptors (Lipinski definition) is 4. The third-order valence-electron chi connectivity index (χ3n) is 1.50. The molecule has 0 aromatic rings. The largest absolute Gasteiger partial charge is 0.337 e. The first-order valence-corrected chi connectivity index (χ1v) is 12.0. The van der Waals surface area contributed by atoms with Crippen molar-refractivity contribution in [3.05, 3.63) is 0 Å². The molecule has 0 saturated carbocycles. The lowest BCUT2D eigenvalue weighted by Gasteiger charge is -2.29. The summed E-state index contributed by atoms with van der Waals surface area (Å²) in [4.78, 5) is 0. The van der Waals surface area contributed by atoms with E-state index in [4.69, 9.17) is 0 Å². The molecule has 12 heavy (non-hydrogen) atoms. The number of rotatable bonds is 0. The van der Waals surface area contributed by atoms with E-state index in [9.17, 15) is 0 Å². The molecular formula is C4H16N4Si4. The molecule has 0 amide bonds. The molecule has 0 aromatic heterocycles. The summed E-state index contributed by atoms with van der Waals surface area (Å²) < 4.78 is 14.5. The molecule has 0 spiro atoms. The summed E-state index contributed by atoms with van der Waals surface area (Å²) in [5, 5.41) is 0. The third kappa shape index (κ3) is 3.61. The van der Waals surface area contributed by atoms with Crippen LogP contribution < -0.4 is 18.6 Å². The van der Waals surface area contributed by atoms with Crippen molar-refractivity contribution < 1.29 is 0 Å². The lowest BCUT2D eigenvalue weighted by Crippen LogP contribution is -2.71. The second-order valence-electron chi connectivity index (χ2n) is 3.00. The van der Waals surface area contributed by atoms with E-state index < -0.39 is 36.5 Å². The highest BCUT2D eigenvalue weighted by atomic mass is 28.4. The molecule has 0 aliphatic carbocycles. The predicted octanol–water partition coefficient (Wildman–Crippen LogP) is -1.17. The van der Waals surface area contributed by atoms with Gasteiger partial charge in [-0.05, 0) is 26.2 Å². The van der Waals surface area contributed by atoms with Crippen molar-refractivity contribution in [3.63, 3.8) is 0 Å². The summed E-state index contributed by atoms with van der Waals surface area (Å²) in [5.41, 5.74) is 0. The first-order valence-electron chi connectivity index (χ1n) is 4.00. The van der Waals surface area contributed by atoms with E-state index in [2.05, 4.69) is 44.8 Å². The molecule has 0 unspecified atom stereocenters. The van der Waals surface area contributed by atoms with Crippen LogP contribution >= 0.6 is 0 Å². The van der Waals surface area contributed by atoms with Crippen molar-refractivity contribution in [2.24, 2.45) is 0 Å². The minimum absolute atomic E-state index is 0.490. The minimum Gasteiger partial charge on any atom is -0.337 e. The van der Waals surface area contributed by atoms with E-state index in [-0.39, 0.29) is 0 Å². The molecule has 1 saturated heterocycles. The average molecular weight is 233 g/mol.